The van der Waals surface area contributed by atoms with Crippen LogP contribution in [-0.2, 0) is 6.54 Å². The van der Waals surface area contributed by atoms with Gasteiger partial charge in [-0.1, -0.05) is 0 Å². The summed E-state index contributed by atoms with van der Waals surface area (Å²) in [5.74, 6) is 0. The van der Waals surface area contributed by atoms with Crippen molar-refractivity contribution in [1.29, 1.82) is 5.26 Å². The Morgan fingerprint density at radius 3 is 2.75 bits per heavy atom. The average molecular weight is 349 g/mol. The predicted molar refractivity (Wildman–Crippen MR) is 83.0 cm³/mol. The Morgan fingerprint density at radius 2 is 2.05 bits per heavy atom. The second-order valence-corrected chi connectivity index (χ2v) is 6.21. The molecule has 7 heteroatoms. The SMILES string of the molecule is N#Cc1ccc(CNc2cc3[nH]c(=O)[nH]c3cc2Br)s1. The van der Waals surface area contributed by atoms with E-state index in [1.54, 1.807) is 0 Å². The van der Waals surface area contributed by atoms with Crippen LogP contribution in [0.3, 0.4) is 0 Å². The molecule has 0 bridgehead atoms. The smallest absolute Gasteiger partial charge is 0.323 e. The highest BCUT2D eigenvalue weighted by molar-refractivity contribution is 9.10. The fraction of sp³-hybridized carbons (Fsp3) is 0.0769. The highest BCUT2D eigenvalue weighted by atomic mass is 79.9. The van der Waals surface area contributed by atoms with E-state index in [4.69, 9.17) is 5.26 Å². The maximum absolute atomic E-state index is 11.3. The Morgan fingerprint density at radius 1 is 1.30 bits per heavy atom. The quantitative estimate of drug-likeness (QED) is 0.679. The van der Waals surface area contributed by atoms with E-state index in [0.717, 1.165) is 26.1 Å². The Bertz CT molecular complexity index is 870. The number of H-pyrrole nitrogens is 2. The molecule has 2 aromatic heterocycles. The van der Waals surface area contributed by atoms with Gasteiger partial charge in [0.1, 0.15) is 10.9 Å². The van der Waals surface area contributed by atoms with E-state index in [1.807, 2.05) is 24.3 Å². The third-order valence-electron chi connectivity index (χ3n) is 2.83. The summed E-state index contributed by atoms with van der Waals surface area (Å²) in [6.45, 7) is 0.630. The van der Waals surface area contributed by atoms with Crippen molar-refractivity contribution in [3.63, 3.8) is 0 Å². The lowest BCUT2D eigenvalue weighted by molar-refractivity contribution is 1.19. The van der Waals surface area contributed by atoms with Crippen LogP contribution >= 0.6 is 27.3 Å². The molecule has 0 aliphatic carbocycles. The summed E-state index contributed by atoms with van der Waals surface area (Å²) in [5, 5.41) is 12.1. The highest BCUT2D eigenvalue weighted by Gasteiger charge is 2.06. The van der Waals surface area contributed by atoms with Crippen LogP contribution in [-0.4, -0.2) is 9.97 Å². The molecule has 100 valence electrons. The van der Waals surface area contributed by atoms with E-state index in [1.165, 1.54) is 11.3 Å². The number of halogens is 1. The van der Waals surface area contributed by atoms with Crippen LogP contribution in [0.4, 0.5) is 5.69 Å². The number of hydrogen-bond acceptors (Lipinski definition) is 4. The van der Waals surface area contributed by atoms with Crippen molar-refractivity contribution in [2.45, 2.75) is 6.54 Å². The fourth-order valence-corrected chi connectivity index (χ4v) is 3.13. The minimum atomic E-state index is -0.221. The van der Waals surface area contributed by atoms with Crippen LogP contribution in [0.2, 0.25) is 0 Å². The van der Waals surface area contributed by atoms with Crippen molar-refractivity contribution in [3.05, 3.63) is 49.0 Å². The van der Waals surface area contributed by atoms with Crippen molar-refractivity contribution >= 4 is 44.0 Å². The number of nitrogens with zero attached hydrogens (tertiary/aromatic N) is 1. The standard InChI is InChI=1S/C13H9BrN4OS/c14-9-3-11-12(18-13(19)17-11)4-10(9)16-6-8-2-1-7(5-15)20-8/h1-4,16H,6H2,(H2,17,18,19). The lowest BCUT2D eigenvalue weighted by Gasteiger charge is -2.07. The minimum Gasteiger partial charge on any atom is -0.379 e. The number of aromatic amines is 2. The van der Waals surface area contributed by atoms with Crippen molar-refractivity contribution in [3.8, 4) is 6.07 Å². The second-order valence-electron chi connectivity index (χ2n) is 4.19. The summed E-state index contributed by atoms with van der Waals surface area (Å²) in [6.07, 6.45) is 0. The van der Waals surface area contributed by atoms with Crippen molar-refractivity contribution in [2.75, 3.05) is 5.32 Å². The van der Waals surface area contributed by atoms with Crippen molar-refractivity contribution in [1.82, 2.24) is 9.97 Å². The topological polar surface area (TPSA) is 84.5 Å². The molecule has 0 atom stereocenters. The van der Waals surface area contributed by atoms with Crippen molar-refractivity contribution in [2.24, 2.45) is 0 Å². The van der Waals surface area contributed by atoms with Gasteiger partial charge >= 0.3 is 5.69 Å². The first-order valence-corrected chi connectivity index (χ1v) is 7.41. The van der Waals surface area contributed by atoms with Crippen LogP contribution in [0.1, 0.15) is 9.75 Å². The third kappa shape index (κ3) is 2.48. The van der Waals surface area contributed by atoms with Crippen LogP contribution in [0, 0.1) is 11.3 Å². The molecule has 3 N–H and O–H groups in total. The molecule has 1 aromatic carbocycles. The molecule has 20 heavy (non-hydrogen) atoms. The lowest BCUT2D eigenvalue weighted by atomic mass is 10.2. The third-order valence-corrected chi connectivity index (χ3v) is 4.47. The Balaban J connectivity index is 1.85. The fourth-order valence-electron chi connectivity index (χ4n) is 1.91. The van der Waals surface area contributed by atoms with Crippen molar-refractivity contribution < 1.29 is 0 Å². The Kier molecular flexibility index (Phi) is 3.34. The van der Waals surface area contributed by atoms with Gasteiger partial charge in [-0.3, -0.25) is 0 Å². The number of imidazole rings is 1. The van der Waals surface area contributed by atoms with E-state index in [-0.39, 0.29) is 5.69 Å². The van der Waals surface area contributed by atoms with Crippen LogP contribution in [0.5, 0.6) is 0 Å². The summed E-state index contributed by atoms with van der Waals surface area (Å²) in [7, 11) is 0. The first kappa shape index (κ1) is 13.0. The maximum atomic E-state index is 11.3. The van der Waals surface area contributed by atoms with Gasteiger partial charge in [-0.15, -0.1) is 11.3 Å². The van der Waals surface area contributed by atoms with Gasteiger partial charge in [0.05, 0.1) is 16.7 Å². The highest BCUT2D eigenvalue weighted by Crippen LogP contribution is 2.27. The van der Waals surface area contributed by atoms with Gasteiger partial charge in [0.15, 0.2) is 0 Å². The number of hydrogen-bond donors (Lipinski definition) is 3. The molecule has 0 amide bonds. The summed E-state index contributed by atoms with van der Waals surface area (Å²) in [5.41, 5.74) is 2.18. The number of nitrogens with one attached hydrogen (secondary N) is 3. The van der Waals surface area contributed by atoms with Gasteiger partial charge in [0.2, 0.25) is 0 Å². The first-order chi connectivity index (χ1) is 9.65. The zero-order chi connectivity index (χ0) is 14.1. The molecule has 0 saturated heterocycles. The zero-order valence-electron chi connectivity index (χ0n) is 10.2. The summed E-state index contributed by atoms with van der Waals surface area (Å²) >= 11 is 4.93. The van der Waals surface area contributed by atoms with Crippen LogP contribution < -0.4 is 11.0 Å². The van der Waals surface area contributed by atoms with Gasteiger partial charge in [0.25, 0.3) is 0 Å². The van der Waals surface area contributed by atoms with Gasteiger partial charge in [-0.05, 0) is 40.2 Å². The summed E-state index contributed by atoms with van der Waals surface area (Å²) in [4.78, 5) is 18.5. The number of aromatic nitrogens is 2. The Hall–Kier alpha value is -2.04. The largest absolute Gasteiger partial charge is 0.379 e. The van der Waals surface area contributed by atoms with E-state index >= 15 is 0 Å². The predicted octanol–water partition coefficient (Wildman–Crippen LogP) is 3.16. The number of nitriles is 1. The number of benzene rings is 1. The molecule has 0 aliphatic rings. The molecule has 0 aliphatic heterocycles. The molecule has 0 radical (unpaired) electrons. The Labute approximate surface area is 126 Å². The molecule has 0 unspecified atom stereocenters. The number of fused-ring (bicyclic) bond motifs is 1. The number of rotatable bonds is 3. The molecule has 3 aromatic rings. The summed E-state index contributed by atoms with van der Waals surface area (Å²) < 4.78 is 0.873. The van der Waals surface area contributed by atoms with Gasteiger partial charge < -0.3 is 15.3 Å². The number of thiophene rings is 1. The second kappa shape index (κ2) is 5.15. The van der Waals surface area contributed by atoms with Crippen LogP contribution in [0.15, 0.2) is 33.5 Å². The normalized spacial score (nSPS) is 10.6. The molecule has 0 spiro atoms. The molecular weight excluding hydrogens is 340 g/mol. The minimum absolute atomic E-state index is 0.221. The molecule has 0 saturated carbocycles. The van der Waals surface area contributed by atoms with E-state index in [0.29, 0.717) is 11.4 Å². The maximum Gasteiger partial charge on any atom is 0.323 e. The van der Waals surface area contributed by atoms with E-state index in [9.17, 15) is 4.79 Å². The van der Waals surface area contributed by atoms with E-state index in [2.05, 4.69) is 37.3 Å². The molecule has 2 heterocycles. The van der Waals surface area contributed by atoms with Crippen LogP contribution in [0.25, 0.3) is 11.0 Å². The van der Waals surface area contributed by atoms with Gasteiger partial charge in [-0.2, -0.15) is 5.26 Å². The lowest BCUT2D eigenvalue weighted by Crippen LogP contribution is -1.99. The molecule has 0 fully saturated rings. The monoisotopic (exact) mass is 348 g/mol. The zero-order valence-corrected chi connectivity index (χ0v) is 12.6. The molecular formula is C13H9BrN4OS. The van der Waals surface area contributed by atoms with Gasteiger partial charge in [-0.25, -0.2) is 4.79 Å². The number of anilines is 1. The molecule has 5 nitrogen and oxygen atoms in total. The van der Waals surface area contributed by atoms with Gasteiger partial charge in [0, 0.05) is 15.9 Å². The van der Waals surface area contributed by atoms with E-state index < -0.39 is 0 Å². The molecule has 3 rings (SSSR count). The first-order valence-electron chi connectivity index (χ1n) is 5.80. The summed E-state index contributed by atoms with van der Waals surface area (Å²) in [6, 6.07) is 9.58. The average Bonchev–Trinajstić information content (AvgIpc) is 3.01.